The summed E-state index contributed by atoms with van der Waals surface area (Å²) in [6, 6.07) is 20.1. The first-order chi connectivity index (χ1) is 16.1. The molecule has 1 heterocycles. The number of amides is 2. The van der Waals surface area contributed by atoms with Crippen LogP contribution in [0.3, 0.4) is 0 Å². The third-order valence-electron chi connectivity index (χ3n) is 6.96. The molecule has 1 aliphatic heterocycles. The second-order valence-corrected chi connectivity index (χ2v) is 9.46. The number of piperidine rings is 1. The molecular formula is C29H40N2O2. The molecule has 0 radical (unpaired) electrons. The van der Waals surface area contributed by atoms with Gasteiger partial charge in [-0.1, -0.05) is 87.4 Å². The lowest BCUT2D eigenvalue weighted by Gasteiger charge is -2.35. The van der Waals surface area contributed by atoms with Gasteiger partial charge in [0.2, 0.25) is 11.8 Å². The largest absolute Gasteiger partial charge is 0.344 e. The highest BCUT2D eigenvalue weighted by atomic mass is 16.2. The van der Waals surface area contributed by atoms with E-state index < -0.39 is 6.04 Å². The summed E-state index contributed by atoms with van der Waals surface area (Å²) in [5.41, 5.74) is 2.45. The predicted octanol–water partition coefficient (Wildman–Crippen LogP) is 5.41. The van der Waals surface area contributed by atoms with Crippen LogP contribution in [-0.4, -0.2) is 35.8 Å². The Labute approximate surface area is 199 Å². The van der Waals surface area contributed by atoms with Crippen molar-refractivity contribution in [2.45, 2.75) is 71.3 Å². The summed E-state index contributed by atoms with van der Waals surface area (Å²) in [5, 5.41) is 3.14. The smallest absolute Gasteiger partial charge is 0.245 e. The Hall–Kier alpha value is -2.62. The minimum atomic E-state index is -0.499. The Morgan fingerprint density at radius 1 is 0.939 bits per heavy atom. The lowest BCUT2D eigenvalue weighted by Crippen LogP contribution is -2.52. The van der Waals surface area contributed by atoms with Crippen molar-refractivity contribution in [3.05, 3.63) is 71.8 Å². The van der Waals surface area contributed by atoms with Crippen molar-refractivity contribution in [2.75, 3.05) is 13.1 Å². The van der Waals surface area contributed by atoms with Gasteiger partial charge in [0.1, 0.15) is 6.04 Å². The lowest BCUT2D eigenvalue weighted by atomic mass is 9.89. The number of unbranched alkanes of at least 4 members (excludes halogenated alkanes) is 1. The molecule has 33 heavy (non-hydrogen) atoms. The third-order valence-corrected chi connectivity index (χ3v) is 6.96. The number of carbonyl (C=O) groups is 2. The van der Waals surface area contributed by atoms with Crippen LogP contribution in [0.25, 0.3) is 0 Å². The first-order valence-corrected chi connectivity index (χ1v) is 12.8. The number of benzene rings is 2. The van der Waals surface area contributed by atoms with Gasteiger partial charge in [-0.3, -0.25) is 9.59 Å². The number of hydrogen-bond acceptors (Lipinski definition) is 2. The van der Waals surface area contributed by atoms with Gasteiger partial charge < -0.3 is 10.2 Å². The van der Waals surface area contributed by atoms with Crippen LogP contribution in [0.15, 0.2) is 60.7 Å². The molecule has 178 valence electrons. The Bertz CT molecular complexity index is 844. The van der Waals surface area contributed by atoms with Gasteiger partial charge in [0, 0.05) is 25.4 Å². The van der Waals surface area contributed by atoms with Crippen molar-refractivity contribution in [1.82, 2.24) is 10.2 Å². The molecule has 4 heteroatoms. The summed E-state index contributed by atoms with van der Waals surface area (Å²) in [6.45, 7) is 5.74. The fourth-order valence-electron chi connectivity index (χ4n) is 4.84. The molecule has 0 aromatic heterocycles. The fourth-order valence-corrected chi connectivity index (χ4v) is 4.84. The van der Waals surface area contributed by atoms with Crippen LogP contribution < -0.4 is 5.32 Å². The molecule has 2 unspecified atom stereocenters. The van der Waals surface area contributed by atoms with Crippen molar-refractivity contribution >= 4 is 11.8 Å². The number of hydrogen-bond donors (Lipinski definition) is 1. The SMILES string of the molecule is CCCCC(CC)C(=O)NC(Cc1ccccc1)C(=O)N1CCC(Cc2ccccc2)CC1. The van der Waals surface area contributed by atoms with Gasteiger partial charge in [0.15, 0.2) is 0 Å². The number of carbonyl (C=O) groups excluding carboxylic acids is 2. The van der Waals surface area contributed by atoms with E-state index >= 15 is 0 Å². The molecule has 4 nitrogen and oxygen atoms in total. The van der Waals surface area contributed by atoms with Crippen molar-refractivity contribution in [3.63, 3.8) is 0 Å². The maximum absolute atomic E-state index is 13.5. The van der Waals surface area contributed by atoms with Gasteiger partial charge >= 0.3 is 0 Å². The highest BCUT2D eigenvalue weighted by Gasteiger charge is 2.31. The third kappa shape index (κ3) is 7.73. The molecule has 2 aromatic rings. The molecular weight excluding hydrogens is 408 g/mol. The van der Waals surface area contributed by atoms with Crippen molar-refractivity contribution < 1.29 is 9.59 Å². The quantitative estimate of drug-likeness (QED) is 0.500. The average molecular weight is 449 g/mol. The summed E-state index contributed by atoms with van der Waals surface area (Å²) in [6.07, 6.45) is 7.45. The molecule has 2 aromatic carbocycles. The van der Waals surface area contributed by atoms with E-state index in [4.69, 9.17) is 0 Å². The molecule has 0 spiro atoms. The number of likely N-dealkylation sites (tertiary alicyclic amines) is 1. The summed E-state index contributed by atoms with van der Waals surface area (Å²) >= 11 is 0. The van der Waals surface area contributed by atoms with E-state index in [1.54, 1.807) is 0 Å². The fraction of sp³-hybridized carbons (Fsp3) is 0.517. The van der Waals surface area contributed by atoms with Crippen LogP contribution in [0, 0.1) is 11.8 Å². The van der Waals surface area contributed by atoms with Gasteiger partial charge in [-0.05, 0) is 49.1 Å². The van der Waals surface area contributed by atoms with Gasteiger partial charge in [-0.25, -0.2) is 0 Å². The van der Waals surface area contributed by atoms with E-state index in [-0.39, 0.29) is 17.7 Å². The maximum atomic E-state index is 13.5. The van der Waals surface area contributed by atoms with Crippen LogP contribution >= 0.6 is 0 Å². The summed E-state index contributed by atoms with van der Waals surface area (Å²) in [5.74, 6) is 0.680. The molecule has 0 saturated carbocycles. The van der Waals surface area contributed by atoms with E-state index in [1.165, 1.54) is 5.56 Å². The van der Waals surface area contributed by atoms with Crippen LogP contribution in [0.2, 0.25) is 0 Å². The highest BCUT2D eigenvalue weighted by molar-refractivity contribution is 5.88. The molecule has 3 rings (SSSR count). The molecule has 0 bridgehead atoms. The Kier molecular flexibility index (Phi) is 9.99. The standard InChI is InChI=1S/C29H40N2O2/c1-3-5-16-26(4-2)28(32)30-27(22-24-14-10-7-11-15-24)29(33)31-19-17-25(18-20-31)21-23-12-8-6-9-13-23/h6-15,25-27H,3-5,16-22H2,1-2H3,(H,30,32). The van der Waals surface area contributed by atoms with Gasteiger partial charge in [0.05, 0.1) is 0 Å². The summed E-state index contributed by atoms with van der Waals surface area (Å²) in [4.78, 5) is 28.6. The Morgan fingerprint density at radius 3 is 2.12 bits per heavy atom. The lowest BCUT2D eigenvalue weighted by molar-refractivity contribution is -0.138. The first kappa shape index (κ1) is 25.0. The van der Waals surface area contributed by atoms with Crippen molar-refractivity contribution in [2.24, 2.45) is 11.8 Å². The van der Waals surface area contributed by atoms with Crippen LogP contribution in [0.4, 0.5) is 0 Å². The van der Waals surface area contributed by atoms with Crippen LogP contribution in [0.1, 0.15) is 63.5 Å². The molecule has 1 fully saturated rings. The minimum Gasteiger partial charge on any atom is -0.344 e. The second kappa shape index (κ2) is 13.2. The monoisotopic (exact) mass is 448 g/mol. The molecule has 1 aliphatic rings. The van der Waals surface area contributed by atoms with E-state index in [0.717, 1.165) is 63.6 Å². The topological polar surface area (TPSA) is 49.4 Å². The number of rotatable bonds is 11. The predicted molar refractivity (Wildman–Crippen MR) is 135 cm³/mol. The maximum Gasteiger partial charge on any atom is 0.245 e. The van der Waals surface area contributed by atoms with Gasteiger partial charge in [-0.15, -0.1) is 0 Å². The average Bonchev–Trinajstić information content (AvgIpc) is 2.85. The molecule has 2 atom stereocenters. The minimum absolute atomic E-state index is 0.0207. The van der Waals surface area contributed by atoms with Crippen LogP contribution in [-0.2, 0) is 22.4 Å². The molecule has 2 amide bonds. The molecule has 1 saturated heterocycles. The highest BCUT2D eigenvalue weighted by Crippen LogP contribution is 2.23. The van der Waals surface area contributed by atoms with Gasteiger partial charge in [-0.2, -0.15) is 0 Å². The zero-order chi connectivity index (χ0) is 23.5. The first-order valence-electron chi connectivity index (χ1n) is 12.8. The second-order valence-electron chi connectivity index (χ2n) is 9.46. The Morgan fingerprint density at radius 2 is 1.55 bits per heavy atom. The zero-order valence-corrected chi connectivity index (χ0v) is 20.3. The van der Waals surface area contributed by atoms with Crippen molar-refractivity contribution in [1.29, 1.82) is 0 Å². The zero-order valence-electron chi connectivity index (χ0n) is 20.3. The van der Waals surface area contributed by atoms with E-state index in [9.17, 15) is 9.59 Å². The molecule has 0 aliphatic carbocycles. The van der Waals surface area contributed by atoms with Crippen molar-refractivity contribution in [3.8, 4) is 0 Å². The van der Waals surface area contributed by atoms with Crippen LogP contribution in [0.5, 0.6) is 0 Å². The Balaban J connectivity index is 1.62. The van der Waals surface area contributed by atoms with E-state index in [1.807, 2.05) is 35.2 Å². The normalized spacial score (nSPS) is 16.2. The summed E-state index contributed by atoms with van der Waals surface area (Å²) < 4.78 is 0. The molecule has 1 N–H and O–H groups in total. The number of nitrogens with one attached hydrogen (secondary N) is 1. The van der Waals surface area contributed by atoms with Gasteiger partial charge in [0.25, 0.3) is 0 Å². The van der Waals surface area contributed by atoms with E-state index in [2.05, 4.69) is 49.5 Å². The number of nitrogens with zero attached hydrogens (tertiary/aromatic N) is 1. The summed E-state index contributed by atoms with van der Waals surface area (Å²) in [7, 11) is 0. The van der Waals surface area contributed by atoms with E-state index in [0.29, 0.717) is 12.3 Å².